The van der Waals surface area contributed by atoms with E-state index in [4.69, 9.17) is 4.74 Å². The Labute approximate surface area is 150 Å². The second kappa shape index (κ2) is 9.42. The van der Waals surface area contributed by atoms with Crippen molar-refractivity contribution in [2.45, 2.75) is 45.9 Å². The van der Waals surface area contributed by atoms with Crippen LogP contribution in [0.5, 0.6) is 0 Å². The highest BCUT2D eigenvalue weighted by Gasteiger charge is 2.26. The molecular formula is C19H30N4O2. The van der Waals surface area contributed by atoms with Gasteiger partial charge in [0.05, 0.1) is 12.2 Å². The molecule has 1 saturated heterocycles. The highest BCUT2D eigenvalue weighted by molar-refractivity contribution is 5.94. The molecule has 0 aromatic heterocycles. The van der Waals surface area contributed by atoms with Crippen molar-refractivity contribution in [2.24, 2.45) is 4.99 Å². The first-order chi connectivity index (χ1) is 12.0. The van der Waals surface area contributed by atoms with Crippen LogP contribution in [0.2, 0.25) is 0 Å². The number of hydrogen-bond donors (Lipinski definition) is 2. The summed E-state index contributed by atoms with van der Waals surface area (Å²) in [5, 5.41) is 6.51. The molecule has 6 nitrogen and oxygen atoms in total. The van der Waals surface area contributed by atoms with Gasteiger partial charge in [-0.15, -0.1) is 0 Å². The number of aliphatic imine (C=N–C) groups is 1. The number of amides is 1. The second-order valence-electron chi connectivity index (χ2n) is 6.52. The van der Waals surface area contributed by atoms with E-state index in [9.17, 15) is 4.79 Å². The molecule has 0 bridgehead atoms. The van der Waals surface area contributed by atoms with Crippen LogP contribution in [0.3, 0.4) is 0 Å². The lowest BCUT2D eigenvalue weighted by Crippen LogP contribution is -2.48. The molecule has 0 spiro atoms. The molecule has 1 heterocycles. The van der Waals surface area contributed by atoms with Crippen molar-refractivity contribution in [3.05, 3.63) is 35.4 Å². The number of hydrogen-bond acceptors (Lipinski definition) is 3. The summed E-state index contributed by atoms with van der Waals surface area (Å²) in [6, 6.07) is 7.76. The van der Waals surface area contributed by atoms with E-state index in [1.165, 1.54) is 0 Å². The molecule has 2 atom stereocenters. The maximum atomic E-state index is 12.7. The summed E-state index contributed by atoms with van der Waals surface area (Å²) >= 11 is 0. The molecule has 1 aromatic rings. The van der Waals surface area contributed by atoms with Gasteiger partial charge in [0.1, 0.15) is 0 Å². The molecule has 6 heteroatoms. The zero-order valence-corrected chi connectivity index (χ0v) is 15.7. The van der Waals surface area contributed by atoms with Crippen LogP contribution in [0, 0.1) is 0 Å². The second-order valence-corrected chi connectivity index (χ2v) is 6.52. The first-order valence-electron chi connectivity index (χ1n) is 9.01. The summed E-state index contributed by atoms with van der Waals surface area (Å²) in [6.45, 7) is 8.98. The van der Waals surface area contributed by atoms with E-state index in [0.29, 0.717) is 19.6 Å². The monoisotopic (exact) mass is 346 g/mol. The molecule has 2 rings (SSSR count). The molecule has 0 aliphatic carbocycles. The highest BCUT2D eigenvalue weighted by Crippen LogP contribution is 2.15. The topological polar surface area (TPSA) is 66.0 Å². The Hall–Kier alpha value is -2.08. The number of benzene rings is 1. The SMILES string of the molecule is CCCNC(=NC)NCc1ccc(C(=O)N2CC(C)OC(C)C2)cc1. The first kappa shape index (κ1) is 19.2. The maximum Gasteiger partial charge on any atom is 0.254 e. The number of morpholine rings is 1. The van der Waals surface area contributed by atoms with Gasteiger partial charge in [-0.05, 0) is 38.0 Å². The molecule has 2 N–H and O–H groups in total. The summed E-state index contributed by atoms with van der Waals surface area (Å²) in [7, 11) is 1.76. The van der Waals surface area contributed by atoms with Crippen LogP contribution in [0.4, 0.5) is 0 Å². The van der Waals surface area contributed by atoms with Crippen molar-refractivity contribution < 1.29 is 9.53 Å². The van der Waals surface area contributed by atoms with Gasteiger partial charge < -0.3 is 20.3 Å². The van der Waals surface area contributed by atoms with Crippen LogP contribution in [-0.2, 0) is 11.3 Å². The molecule has 2 unspecified atom stereocenters. The largest absolute Gasteiger partial charge is 0.372 e. The molecule has 1 amide bonds. The fourth-order valence-corrected chi connectivity index (χ4v) is 2.94. The number of rotatable bonds is 5. The van der Waals surface area contributed by atoms with E-state index < -0.39 is 0 Å². The van der Waals surface area contributed by atoms with Crippen molar-refractivity contribution in [3.63, 3.8) is 0 Å². The highest BCUT2D eigenvalue weighted by atomic mass is 16.5. The van der Waals surface area contributed by atoms with Gasteiger partial charge in [0.2, 0.25) is 0 Å². The Balaban J connectivity index is 1.91. The van der Waals surface area contributed by atoms with Crippen molar-refractivity contribution in [1.29, 1.82) is 0 Å². The van der Waals surface area contributed by atoms with Crippen LogP contribution >= 0.6 is 0 Å². The average Bonchev–Trinajstić information content (AvgIpc) is 2.61. The normalized spacial score (nSPS) is 21.1. The number of carbonyl (C=O) groups excluding carboxylic acids is 1. The average molecular weight is 346 g/mol. The molecule has 1 fully saturated rings. The third-order valence-corrected chi connectivity index (χ3v) is 4.13. The molecule has 1 aliphatic heterocycles. The minimum Gasteiger partial charge on any atom is -0.372 e. The van der Waals surface area contributed by atoms with Gasteiger partial charge in [-0.25, -0.2) is 0 Å². The predicted octanol–water partition coefficient (Wildman–Crippen LogP) is 2.01. The van der Waals surface area contributed by atoms with Gasteiger partial charge in [0.25, 0.3) is 5.91 Å². The number of nitrogens with one attached hydrogen (secondary N) is 2. The lowest BCUT2D eigenvalue weighted by molar-refractivity contribution is -0.0586. The van der Waals surface area contributed by atoms with E-state index in [2.05, 4.69) is 22.5 Å². The van der Waals surface area contributed by atoms with Crippen LogP contribution < -0.4 is 10.6 Å². The molecular weight excluding hydrogens is 316 g/mol. The van der Waals surface area contributed by atoms with Gasteiger partial charge in [-0.1, -0.05) is 19.1 Å². The Morgan fingerprint density at radius 2 is 1.84 bits per heavy atom. The van der Waals surface area contributed by atoms with Crippen molar-refractivity contribution in [1.82, 2.24) is 15.5 Å². The van der Waals surface area contributed by atoms with Gasteiger partial charge >= 0.3 is 0 Å². The summed E-state index contributed by atoms with van der Waals surface area (Å²) in [5.74, 6) is 0.861. The van der Waals surface area contributed by atoms with Crippen molar-refractivity contribution in [2.75, 3.05) is 26.7 Å². The molecule has 1 aromatic carbocycles. The zero-order valence-electron chi connectivity index (χ0n) is 15.7. The summed E-state index contributed by atoms with van der Waals surface area (Å²) in [4.78, 5) is 18.7. The Morgan fingerprint density at radius 1 is 1.20 bits per heavy atom. The van der Waals surface area contributed by atoms with Gasteiger partial charge in [0, 0.05) is 38.8 Å². The van der Waals surface area contributed by atoms with E-state index >= 15 is 0 Å². The molecule has 0 saturated carbocycles. The Bertz CT molecular complexity index is 576. The molecule has 25 heavy (non-hydrogen) atoms. The van der Waals surface area contributed by atoms with Crippen LogP contribution in [0.25, 0.3) is 0 Å². The fourth-order valence-electron chi connectivity index (χ4n) is 2.94. The minimum atomic E-state index is 0.0712. The van der Waals surface area contributed by atoms with E-state index in [0.717, 1.165) is 30.1 Å². The van der Waals surface area contributed by atoms with Gasteiger partial charge in [-0.2, -0.15) is 0 Å². The third-order valence-electron chi connectivity index (χ3n) is 4.13. The minimum absolute atomic E-state index is 0.0712. The Kier molecular flexibility index (Phi) is 7.25. The number of nitrogens with zero attached hydrogens (tertiary/aromatic N) is 2. The van der Waals surface area contributed by atoms with Crippen molar-refractivity contribution in [3.8, 4) is 0 Å². The predicted molar refractivity (Wildman–Crippen MR) is 101 cm³/mol. The van der Waals surface area contributed by atoms with Crippen molar-refractivity contribution >= 4 is 11.9 Å². The van der Waals surface area contributed by atoms with Gasteiger partial charge in [-0.3, -0.25) is 9.79 Å². The standard InChI is InChI=1S/C19H30N4O2/c1-5-10-21-19(20-4)22-11-16-6-8-17(9-7-16)18(24)23-12-14(2)25-15(3)13-23/h6-9,14-15H,5,10-13H2,1-4H3,(H2,20,21,22). The van der Waals surface area contributed by atoms with E-state index in [-0.39, 0.29) is 18.1 Å². The smallest absolute Gasteiger partial charge is 0.254 e. The lowest BCUT2D eigenvalue weighted by Gasteiger charge is -2.35. The van der Waals surface area contributed by atoms with Crippen LogP contribution in [0.1, 0.15) is 43.1 Å². The number of carbonyl (C=O) groups is 1. The van der Waals surface area contributed by atoms with Crippen LogP contribution in [-0.4, -0.2) is 55.7 Å². The zero-order chi connectivity index (χ0) is 18.2. The van der Waals surface area contributed by atoms with E-state index in [1.54, 1.807) is 7.05 Å². The number of guanidine groups is 1. The summed E-state index contributed by atoms with van der Waals surface area (Å²) < 4.78 is 5.70. The van der Waals surface area contributed by atoms with Crippen LogP contribution in [0.15, 0.2) is 29.3 Å². The van der Waals surface area contributed by atoms with Gasteiger partial charge in [0.15, 0.2) is 5.96 Å². The summed E-state index contributed by atoms with van der Waals surface area (Å²) in [5.41, 5.74) is 1.83. The quantitative estimate of drug-likeness (QED) is 0.632. The number of ether oxygens (including phenoxy) is 1. The van der Waals surface area contributed by atoms with E-state index in [1.807, 2.05) is 43.0 Å². The fraction of sp³-hybridized carbons (Fsp3) is 0.579. The maximum absolute atomic E-state index is 12.7. The lowest BCUT2D eigenvalue weighted by atomic mass is 10.1. The third kappa shape index (κ3) is 5.74. The first-order valence-corrected chi connectivity index (χ1v) is 9.01. The molecule has 138 valence electrons. The molecule has 1 aliphatic rings. The Morgan fingerprint density at radius 3 is 2.40 bits per heavy atom. The molecule has 0 radical (unpaired) electrons. The summed E-state index contributed by atoms with van der Waals surface area (Å²) in [6.07, 6.45) is 1.22.